The van der Waals surface area contributed by atoms with Crippen molar-refractivity contribution in [3.8, 4) is 28.9 Å². The third-order valence-corrected chi connectivity index (χ3v) is 3.69. The minimum Gasteiger partial charge on any atom is -0.488 e. The van der Waals surface area contributed by atoms with Gasteiger partial charge in [0.05, 0.1) is 19.9 Å². The van der Waals surface area contributed by atoms with Crippen molar-refractivity contribution >= 4 is 11.6 Å². The lowest BCUT2D eigenvalue weighted by molar-refractivity contribution is 0.242. The highest BCUT2D eigenvalue weighted by Gasteiger charge is 2.26. The van der Waals surface area contributed by atoms with Crippen LogP contribution in [0.1, 0.15) is 5.56 Å². The highest BCUT2D eigenvalue weighted by Crippen LogP contribution is 2.41. The van der Waals surface area contributed by atoms with Gasteiger partial charge in [-0.1, -0.05) is 11.6 Å². The van der Waals surface area contributed by atoms with Gasteiger partial charge in [-0.3, -0.25) is 0 Å². The Morgan fingerprint density at radius 2 is 2.09 bits per heavy atom. The van der Waals surface area contributed by atoms with E-state index in [0.29, 0.717) is 23.1 Å². The van der Waals surface area contributed by atoms with E-state index in [1.807, 2.05) is 6.07 Å². The maximum Gasteiger partial charge on any atom is 0.320 e. The quantitative estimate of drug-likeness (QED) is 0.928. The lowest BCUT2D eigenvalue weighted by atomic mass is 10.0. The first kappa shape index (κ1) is 14.9. The fourth-order valence-corrected chi connectivity index (χ4v) is 2.69. The molecule has 116 valence electrons. The number of hydrogen-bond acceptors (Lipinski definition) is 6. The molecule has 0 spiro atoms. The average Bonchev–Trinajstić information content (AvgIpc) is 2.96. The molecule has 3 rings (SSSR count). The number of hydrogen-bond donors (Lipinski definition) is 1. The van der Waals surface area contributed by atoms with Crippen LogP contribution in [0.2, 0.25) is 5.02 Å². The summed E-state index contributed by atoms with van der Waals surface area (Å²) in [6.45, 7) is 0.447. The molecule has 2 aromatic rings. The molecule has 0 saturated carbocycles. The molecule has 0 fully saturated rings. The summed E-state index contributed by atoms with van der Waals surface area (Å²) in [6, 6.07) is 5.64. The van der Waals surface area contributed by atoms with E-state index in [0.717, 1.165) is 23.3 Å². The molecule has 1 aliphatic rings. The van der Waals surface area contributed by atoms with Crippen LogP contribution < -0.4 is 19.9 Å². The Morgan fingerprint density at radius 1 is 1.27 bits per heavy atom. The monoisotopic (exact) mass is 321 g/mol. The molecule has 1 atom stereocenters. The topological polar surface area (TPSA) is 79.5 Å². The Balaban J connectivity index is 2.13. The van der Waals surface area contributed by atoms with Crippen molar-refractivity contribution in [3.05, 3.63) is 28.8 Å². The maximum atomic E-state index is 6.22. The normalized spacial score (nSPS) is 16.1. The van der Waals surface area contributed by atoms with Crippen molar-refractivity contribution in [2.75, 3.05) is 20.8 Å². The summed E-state index contributed by atoms with van der Waals surface area (Å²) in [5, 5.41) is 0.617. The van der Waals surface area contributed by atoms with Crippen molar-refractivity contribution < 1.29 is 14.2 Å². The van der Waals surface area contributed by atoms with Gasteiger partial charge in [0, 0.05) is 35.2 Å². The van der Waals surface area contributed by atoms with Crippen molar-refractivity contribution in [1.29, 1.82) is 0 Å². The van der Waals surface area contributed by atoms with Gasteiger partial charge in [-0.2, -0.15) is 9.97 Å². The second-order valence-corrected chi connectivity index (χ2v) is 5.34. The van der Waals surface area contributed by atoms with E-state index < -0.39 is 0 Å². The van der Waals surface area contributed by atoms with Crippen LogP contribution in [-0.2, 0) is 6.42 Å². The highest BCUT2D eigenvalue weighted by molar-refractivity contribution is 6.31. The van der Waals surface area contributed by atoms with Gasteiger partial charge >= 0.3 is 6.01 Å². The zero-order valence-corrected chi connectivity index (χ0v) is 13.1. The molecule has 0 radical (unpaired) electrons. The molecule has 1 aromatic heterocycles. The van der Waals surface area contributed by atoms with Gasteiger partial charge in [0.15, 0.2) is 0 Å². The number of aromatic nitrogens is 2. The van der Waals surface area contributed by atoms with E-state index in [1.54, 1.807) is 12.1 Å². The van der Waals surface area contributed by atoms with Crippen LogP contribution >= 0.6 is 11.6 Å². The molecular formula is C15H16ClN3O3. The summed E-state index contributed by atoms with van der Waals surface area (Å²) in [5.41, 5.74) is 8.13. The van der Waals surface area contributed by atoms with Gasteiger partial charge in [0.1, 0.15) is 11.9 Å². The van der Waals surface area contributed by atoms with E-state index in [2.05, 4.69) is 9.97 Å². The fourth-order valence-electron chi connectivity index (χ4n) is 2.45. The Morgan fingerprint density at radius 3 is 2.77 bits per heavy atom. The summed E-state index contributed by atoms with van der Waals surface area (Å²) >= 11 is 6.22. The molecule has 1 aromatic carbocycles. The number of ether oxygens (including phenoxy) is 3. The summed E-state index contributed by atoms with van der Waals surface area (Å²) in [5.74, 6) is 1.16. The molecule has 22 heavy (non-hydrogen) atoms. The Bertz CT molecular complexity index is 686. The summed E-state index contributed by atoms with van der Waals surface area (Å²) in [7, 11) is 3.04. The van der Waals surface area contributed by atoms with E-state index in [1.165, 1.54) is 14.2 Å². The van der Waals surface area contributed by atoms with Crippen molar-refractivity contribution in [1.82, 2.24) is 9.97 Å². The van der Waals surface area contributed by atoms with Crippen molar-refractivity contribution in [2.45, 2.75) is 12.5 Å². The van der Waals surface area contributed by atoms with E-state index in [4.69, 9.17) is 31.5 Å². The van der Waals surface area contributed by atoms with Gasteiger partial charge < -0.3 is 19.9 Å². The Kier molecular flexibility index (Phi) is 4.04. The Hall–Kier alpha value is -2.05. The predicted molar refractivity (Wildman–Crippen MR) is 82.8 cm³/mol. The number of nitrogens with two attached hydrogens (primary N) is 1. The van der Waals surface area contributed by atoms with E-state index in [9.17, 15) is 0 Å². The van der Waals surface area contributed by atoms with Crippen LogP contribution in [0.4, 0.5) is 0 Å². The number of nitrogens with zero attached hydrogens (tertiary/aromatic N) is 2. The van der Waals surface area contributed by atoms with Gasteiger partial charge in [0.25, 0.3) is 0 Å². The minimum absolute atomic E-state index is 0.0437. The lowest BCUT2D eigenvalue weighted by Gasteiger charge is -2.12. The maximum absolute atomic E-state index is 6.22. The second-order valence-electron chi connectivity index (χ2n) is 4.90. The third-order valence-electron chi connectivity index (χ3n) is 3.48. The zero-order valence-electron chi connectivity index (χ0n) is 12.3. The lowest BCUT2D eigenvalue weighted by Crippen LogP contribution is -2.24. The first-order valence-corrected chi connectivity index (χ1v) is 7.19. The van der Waals surface area contributed by atoms with Crippen LogP contribution in [0.25, 0.3) is 11.3 Å². The van der Waals surface area contributed by atoms with Crippen LogP contribution in [0.5, 0.6) is 17.6 Å². The average molecular weight is 322 g/mol. The first-order valence-electron chi connectivity index (χ1n) is 6.81. The van der Waals surface area contributed by atoms with Crippen LogP contribution in [0.15, 0.2) is 18.2 Å². The molecule has 0 amide bonds. The number of halogens is 1. The standard InChI is InChI=1S/C15H16ClN3O3/c1-20-13-6-12(18-15(19-13)21-2)11-5-9(16)3-8-4-10(7-17)22-14(8)11/h3,5-6,10H,4,7,17H2,1-2H3. The number of fused-ring (bicyclic) bond motifs is 1. The van der Waals surface area contributed by atoms with Crippen molar-refractivity contribution in [2.24, 2.45) is 5.73 Å². The fraction of sp³-hybridized carbons (Fsp3) is 0.333. The molecule has 1 unspecified atom stereocenters. The van der Waals surface area contributed by atoms with Gasteiger partial charge in [-0.05, 0) is 12.1 Å². The SMILES string of the molecule is COc1cc(-c2cc(Cl)cc3c2OC(CN)C3)nc(OC)n1. The van der Waals surface area contributed by atoms with Gasteiger partial charge in [0.2, 0.25) is 5.88 Å². The second kappa shape index (κ2) is 5.98. The molecule has 1 aliphatic heterocycles. The summed E-state index contributed by atoms with van der Waals surface area (Å²) in [4.78, 5) is 8.45. The highest BCUT2D eigenvalue weighted by atomic mass is 35.5. The van der Waals surface area contributed by atoms with Crippen LogP contribution in [0.3, 0.4) is 0 Å². The number of benzene rings is 1. The molecule has 6 nitrogen and oxygen atoms in total. The van der Waals surface area contributed by atoms with Crippen LogP contribution in [-0.4, -0.2) is 36.8 Å². The molecule has 0 saturated heterocycles. The molecule has 0 aliphatic carbocycles. The number of rotatable bonds is 4. The summed E-state index contributed by atoms with van der Waals surface area (Å²) in [6.07, 6.45) is 0.691. The third kappa shape index (κ3) is 2.67. The summed E-state index contributed by atoms with van der Waals surface area (Å²) < 4.78 is 16.2. The van der Waals surface area contributed by atoms with Gasteiger partial charge in [-0.15, -0.1) is 0 Å². The molecule has 7 heteroatoms. The first-order chi connectivity index (χ1) is 10.6. The number of methoxy groups -OCH3 is 2. The molecule has 0 bridgehead atoms. The minimum atomic E-state index is -0.0437. The molecule has 2 N–H and O–H groups in total. The predicted octanol–water partition coefficient (Wildman–Crippen LogP) is 2.08. The smallest absolute Gasteiger partial charge is 0.320 e. The zero-order chi connectivity index (χ0) is 15.7. The molecule has 2 heterocycles. The van der Waals surface area contributed by atoms with E-state index in [-0.39, 0.29) is 12.1 Å². The Labute approximate surface area is 133 Å². The van der Waals surface area contributed by atoms with Crippen LogP contribution in [0, 0.1) is 0 Å². The van der Waals surface area contributed by atoms with Gasteiger partial charge in [-0.25, -0.2) is 0 Å². The largest absolute Gasteiger partial charge is 0.488 e. The van der Waals surface area contributed by atoms with E-state index >= 15 is 0 Å². The molecular weight excluding hydrogens is 306 g/mol. The van der Waals surface area contributed by atoms with Crippen molar-refractivity contribution in [3.63, 3.8) is 0 Å².